The summed E-state index contributed by atoms with van der Waals surface area (Å²) in [6, 6.07) is 5.14. The molecule has 4 N–H and O–H groups in total. The van der Waals surface area contributed by atoms with Crippen molar-refractivity contribution in [2.45, 2.75) is 25.3 Å². The van der Waals surface area contributed by atoms with Crippen LogP contribution in [0.4, 0.5) is 5.69 Å². The van der Waals surface area contributed by atoms with Gasteiger partial charge in [-0.1, -0.05) is 0 Å². The lowest BCUT2D eigenvalue weighted by atomic mass is 10.1. The second-order valence-electron chi connectivity index (χ2n) is 4.43. The molecule has 1 aliphatic rings. The van der Waals surface area contributed by atoms with Gasteiger partial charge in [-0.25, -0.2) is 0 Å². The summed E-state index contributed by atoms with van der Waals surface area (Å²) < 4.78 is 5.53. The molecule has 18 heavy (non-hydrogen) atoms. The fourth-order valence-corrected chi connectivity index (χ4v) is 1.97. The van der Waals surface area contributed by atoms with Crippen LogP contribution >= 0.6 is 0 Å². The smallest absolute Gasteiger partial charge is 0.320 e. The Kier molecular flexibility index (Phi) is 4.04. The van der Waals surface area contributed by atoms with Gasteiger partial charge in [0, 0.05) is 12.2 Å². The van der Waals surface area contributed by atoms with E-state index in [0.717, 1.165) is 30.9 Å². The second kappa shape index (κ2) is 5.73. The highest BCUT2D eigenvalue weighted by molar-refractivity contribution is 5.73. The standard InChI is InChI=1S/C13H18N2O3/c14-11(13(16)17)5-6-15-10-3-4-12-9(8-10)2-1-7-18-12/h3-4,8,11,15H,1-2,5-7,14H2,(H,16,17). The maximum absolute atomic E-state index is 10.6. The number of benzene rings is 1. The van der Waals surface area contributed by atoms with Crippen molar-refractivity contribution in [3.8, 4) is 5.75 Å². The number of ether oxygens (including phenoxy) is 1. The van der Waals surface area contributed by atoms with E-state index in [0.29, 0.717) is 13.0 Å². The van der Waals surface area contributed by atoms with Crippen LogP contribution in [0.1, 0.15) is 18.4 Å². The lowest BCUT2D eigenvalue weighted by Gasteiger charge is -2.18. The van der Waals surface area contributed by atoms with Crippen molar-refractivity contribution in [3.05, 3.63) is 23.8 Å². The molecule has 5 nitrogen and oxygen atoms in total. The third-order valence-electron chi connectivity index (χ3n) is 3.01. The summed E-state index contributed by atoms with van der Waals surface area (Å²) in [5, 5.41) is 11.8. The highest BCUT2D eigenvalue weighted by Gasteiger charge is 2.12. The van der Waals surface area contributed by atoms with E-state index < -0.39 is 12.0 Å². The Balaban J connectivity index is 1.88. The molecule has 1 unspecified atom stereocenters. The Bertz CT molecular complexity index is 434. The summed E-state index contributed by atoms with van der Waals surface area (Å²) in [5.41, 5.74) is 7.62. The van der Waals surface area contributed by atoms with Crippen LogP contribution in [-0.4, -0.2) is 30.3 Å². The van der Waals surface area contributed by atoms with E-state index in [1.165, 1.54) is 5.56 Å². The average Bonchev–Trinajstić information content (AvgIpc) is 2.38. The minimum absolute atomic E-state index is 0.406. The first-order chi connectivity index (χ1) is 8.66. The Morgan fingerprint density at radius 3 is 3.17 bits per heavy atom. The Hall–Kier alpha value is -1.75. The zero-order valence-electron chi connectivity index (χ0n) is 10.2. The van der Waals surface area contributed by atoms with Crippen molar-refractivity contribution in [1.82, 2.24) is 0 Å². The van der Waals surface area contributed by atoms with Crippen LogP contribution in [0.15, 0.2) is 18.2 Å². The molecule has 1 aromatic carbocycles. The topological polar surface area (TPSA) is 84.6 Å². The SMILES string of the molecule is NC(CCNc1ccc2c(c1)CCCO2)C(=O)O. The lowest BCUT2D eigenvalue weighted by Crippen LogP contribution is -2.32. The second-order valence-corrected chi connectivity index (χ2v) is 4.43. The summed E-state index contributed by atoms with van der Waals surface area (Å²) in [5.74, 6) is -0.00956. The van der Waals surface area contributed by atoms with Crippen molar-refractivity contribution in [2.24, 2.45) is 5.73 Å². The van der Waals surface area contributed by atoms with Crippen LogP contribution in [0.2, 0.25) is 0 Å². The Morgan fingerprint density at radius 1 is 1.56 bits per heavy atom. The molecule has 98 valence electrons. The van der Waals surface area contributed by atoms with Gasteiger partial charge in [0.25, 0.3) is 0 Å². The molecule has 2 rings (SSSR count). The van der Waals surface area contributed by atoms with Gasteiger partial charge in [0.15, 0.2) is 0 Å². The third kappa shape index (κ3) is 3.13. The number of hydrogen-bond donors (Lipinski definition) is 3. The van der Waals surface area contributed by atoms with E-state index in [9.17, 15) is 4.79 Å². The minimum Gasteiger partial charge on any atom is -0.493 e. The average molecular weight is 250 g/mol. The molecule has 1 aromatic rings. The molecule has 0 saturated heterocycles. The zero-order valence-corrected chi connectivity index (χ0v) is 10.2. The molecule has 0 saturated carbocycles. The fourth-order valence-electron chi connectivity index (χ4n) is 1.97. The molecule has 1 aliphatic heterocycles. The first-order valence-corrected chi connectivity index (χ1v) is 6.15. The molecule has 0 fully saturated rings. The quantitative estimate of drug-likeness (QED) is 0.732. The van der Waals surface area contributed by atoms with Gasteiger partial charge in [0.05, 0.1) is 6.61 Å². The van der Waals surface area contributed by atoms with E-state index >= 15 is 0 Å². The molecule has 1 heterocycles. The van der Waals surface area contributed by atoms with E-state index in [-0.39, 0.29) is 0 Å². The van der Waals surface area contributed by atoms with Gasteiger partial charge >= 0.3 is 5.97 Å². The van der Waals surface area contributed by atoms with Crippen molar-refractivity contribution in [2.75, 3.05) is 18.5 Å². The number of nitrogens with one attached hydrogen (secondary N) is 1. The normalized spacial score (nSPS) is 15.4. The molecule has 0 amide bonds. The molecule has 0 aromatic heterocycles. The molecule has 5 heteroatoms. The third-order valence-corrected chi connectivity index (χ3v) is 3.01. The van der Waals surface area contributed by atoms with Crippen LogP contribution in [0.5, 0.6) is 5.75 Å². The van der Waals surface area contributed by atoms with E-state index in [2.05, 4.69) is 11.4 Å². The Morgan fingerprint density at radius 2 is 2.39 bits per heavy atom. The number of anilines is 1. The molecule has 1 atom stereocenters. The number of aryl methyl sites for hydroxylation is 1. The predicted octanol–water partition coefficient (Wildman–Crippen LogP) is 1.23. The van der Waals surface area contributed by atoms with Gasteiger partial charge in [-0.2, -0.15) is 0 Å². The Labute approximate surface area is 106 Å². The largest absolute Gasteiger partial charge is 0.493 e. The van der Waals surface area contributed by atoms with E-state index in [4.69, 9.17) is 15.6 Å². The number of carbonyl (C=O) groups is 1. The zero-order chi connectivity index (χ0) is 13.0. The molecule has 0 radical (unpaired) electrons. The van der Waals surface area contributed by atoms with Gasteiger partial charge in [0.2, 0.25) is 0 Å². The molecule has 0 spiro atoms. The summed E-state index contributed by atoms with van der Waals surface area (Å²) in [6.45, 7) is 1.33. The molecule has 0 bridgehead atoms. The first-order valence-electron chi connectivity index (χ1n) is 6.15. The highest BCUT2D eigenvalue weighted by Crippen LogP contribution is 2.27. The maximum Gasteiger partial charge on any atom is 0.320 e. The number of rotatable bonds is 5. The number of carboxylic acids is 1. The van der Waals surface area contributed by atoms with Gasteiger partial charge in [-0.05, 0) is 43.0 Å². The number of hydrogen-bond acceptors (Lipinski definition) is 4. The lowest BCUT2D eigenvalue weighted by molar-refractivity contribution is -0.138. The summed E-state index contributed by atoms with van der Waals surface area (Å²) >= 11 is 0. The van der Waals surface area contributed by atoms with E-state index in [1.807, 2.05) is 12.1 Å². The van der Waals surface area contributed by atoms with Crippen LogP contribution in [0.25, 0.3) is 0 Å². The maximum atomic E-state index is 10.6. The van der Waals surface area contributed by atoms with Gasteiger partial charge < -0.3 is 20.9 Å². The number of nitrogens with two attached hydrogens (primary N) is 1. The van der Waals surface area contributed by atoms with Gasteiger partial charge in [0.1, 0.15) is 11.8 Å². The van der Waals surface area contributed by atoms with Gasteiger partial charge in [-0.3, -0.25) is 4.79 Å². The van der Waals surface area contributed by atoms with Crippen LogP contribution < -0.4 is 15.8 Å². The van der Waals surface area contributed by atoms with Crippen LogP contribution in [0.3, 0.4) is 0 Å². The van der Waals surface area contributed by atoms with Crippen molar-refractivity contribution >= 4 is 11.7 Å². The summed E-state index contributed by atoms with van der Waals surface area (Å²) in [7, 11) is 0. The monoisotopic (exact) mass is 250 g/mol. The molecule has 0 aliphatic carbocycles. The predicted molar refractivity (Wildman–Crippen MR) is 69.0 cm³/mol. The number of fused-ring (bicyclic) bond motifs is 1. The summed E-state index contributed by atoms with van der Waals surface area (Å²) in [6.07, 6.45) is 2.47. The number of aliphatic carboxylic acids is 1. The number of carboxylic acid groups (broad SMARTS) is 1. The van der Waals surface area contributed by atoms with Crippen molar-refractivity contribution < 1.29 is 14.6 Å². The minimum atomic E-state index is -0.962. The van der Waals surface area contributed by atoms with Gasteiger partial charge in [-0.15, -0.1) is 0 Å². The summed E-state index contributed by atoms with van der Waals surface area (Å²) in [4.78, 5) is 10.6. The van der Waals surface area contributed by atoms with Crippen molar-refractivity contribution in [1.29, 1.82) is 0 Å². The molecular formula is C13H18N2O3. The van der Waals surface area contributed by atoms with E-state index in [1.54, 1.807) is 0 Å². The highest BCUT2D eigenvalue weighted by atomic mass is 16.5. The first kappa shape index (κ1) is 12.7. The van der Waals surface area contributed by atoms with Crippen molar-refractivity contribution in [3.63, 3.8) is 0 Å². The fraction of sp³-hybridized carbons (Fsp3) is 0.462. The molecular weight excluding hydrogens is 232 g/mol. The van der Waals surface area contributed by atoms with Crippen LogP contribution in [0, 0.1) is 0 Å². The van der Waals surface area contributed by atoms with Crippen LogP contribution in [-0.2, 0) is 11.2 Å².